The van der Waals surface area contributed by atoms with Crippen molar-refractivity contribution in [2.24, 2.45) is 11.0 Å². The van der Waals surface area contributed by atoms with Gasteiger partial charge in [-0.2, -0.15) is 10.1 Å². The molecule has 6 nitrogen and oxygen atoms in total. The number of para-hydroxylation sites is 1. The second-order valence-corrected chi connectivity index (χ2v) is 8.35. The molecule has 0 aliphatic carbocycles. The Morgan fingerprint density at radius 2 is 1.80 bits per heavy atom. The second kappa shape index (κ2) is 8.41. The maximum Gasteiger partial charge on any atom is 0.270 e. The highest BCUT2D eigenvalue weighted by Gasteiger charge is 2.38. The lowest BCUT2D eigenvalue weighted by Crippen LogP contribution is -2.28. The Kier molecular flexibility index (Phi) is 5.69. The Morgan fingerprint density at radius 3 is 2.47 bits per heavy atom. The van der Waals surface area contributed by atoms with Crippen LogP contribution in [0.1, 0.15) is 13.8 Å². The third-order valence-corrected chi connectivity index (χ3v) is 6.02. The van der Waals surface area contributed by atoms with Gasteiger partial charge in [0, 0.05) is 0 Å². The number of hydrazone groups is 1. The number of nitrogens with zero attached hydrogens (tertiary/aromatic N) is 3. The predicted octanol–water partition coefficient (Wildman–Crippen LogP) is 4.37. The Labute approximate surface area is 184 Å². The summed E-state index contributed by atoms with van der Waals surface area (Å²) in [5.74, 6) is -0.302. The third-order valence-electron chi connectivity index (χ3n) is 4.70. The molecule has 1 atom stereocenters. The highest BCUT2D eigenvalue weighted by Crippen LogP contribution is 2.37. The minimum Gasteiger partial charge on any atom is -0.494 e. The average molecular weight is 438 g/mol. The minimum absolute atomic E-state index is 0.190. The number of hydrogen-bond acceptors (Lipinski definition) is 6. The zero-order valence-electron chi connectivity index (χ0n) is 16.4. The van der Waals surface area contributed by atoms with E-state index in [0.29, 0.717) is 32.9 Å². The molecule has 1 saturated heterocycles. The maximum atomic E-state index is 13.0. The van der Waals surface area contributed by atoms with E-state index in [4.69, 9.17) is 17.0 Å². The van der Waals surface area contributed by atoms with Gasteiger partial charge in [0.15, 0.2) is 4.32 Å². The van der Waals surface area contributed by atoms with Crippen molar-refractivity contribution in [3.05, 3.63) is 65.6 Å². The van der Waals surface area contributed by atoms with E-state index in [9.17, 15) is 9.59 Å². The molecule has 2 heterocycles. The van der Waals surface area contributed by atoms with Crippen molar-refractivity contribution in [3.63, 3.8) is 0 Å². The fourth-order valence-electron chi connectivity index (χ4n) is 3.24. The molecule has 4 rings (SSSR count). The Balaban J connectivity index is 1.56. The number of thioether (sulfide) groups is 1. The molecule has 0 aromatic heterocycles. The van der Waals surface area contributed by atoms with Crippen LogP contribution < -0.4 is 14.6 Å². The fraction of sp³-hybridized carbons (Fsp3) is 0.182. The number of rotatable bonds is 5. The van der Waals surface area contributed by atoms with Crippen LogP contribution in [0.15, 0.2) is 70.7 Å². The van der Waals surface area contributed by atoms with E-state index in [1.807, 2.05) is 37.3 Å². The number of amides is 2. The molecule has 152 valence electrons. The first-order valence-electron chi connectivity index (χ1n) is 9.44. The van der Waals surface area contributed by atoms with Crippen molar-refractivity contribution < 1.29 is 14.3 Å². The molecule has 0 spiro atoms. The SMILES string of the molecule is CCOc1ccc(N2C(=O)/C(=C/[C@@H]3C(=O)N(c4ccccc4)N=C3C)SC2=S)cc1. The number of carbonyl (C=O) groups is 2. The summed E-state index contributed by atoms with van der Waals surface area (Å²) in [5.41, 5.74) is 1.99. The molecular formula is C22H19N3O3S2. The van der Waals surface area contributed by atoms with Crippen LogP contribution in [0.25, 0.3) is 0 Å². The lowest BCUT2D eigenvalue weighted by molar-refractivity contribution is -0.118. The highest BCUT2D eigenvalue weighted by atomic mass is 32.2. The molecule has 2 aromatic carbocycles. The van der Waals surface area contributed by atoms with Gasteiger partial charge in [-0.25, -0.2) is 0 Å². The van der Waals surface area contributed by atoms with Crippen LogP contribution in [0.2, 0.25) is 0 Å². The van der Waals surface area contributed by atoms with Gasteiger partial charge in [0.1, 0.15) is 5.75 Å². The summed E-state index contributed by atoms with van der Waals surface area (Å²) in [6.07, 6.45) is 1.66. The number of anilines is 2. The quantitative estimate of drug-likeness (QED) is 0.513. The first kappa shape index (κ1) is 20.3. The van der Waals surface area contributed by atoms with E-state index in [1.54, 1.807) is 37.3 Å². The minimum atomic E-state index is -0.597. The van der Waals surface area contributed by atoms with Crippen molar-refractivity contribution >= 4 is 57.2 Å². The largest absolute Gasteiger partial charge is 0.494 e. The van der Waals surface area contributed by atoms with Gasteiger partial charge in [0.25, 0.3) is 11.8 Å². The summed E-state index contributed by atoms with van der Waals surface area (Å²) < 4.78 is 5.88. The Bertz CT molecular complexity index is 1060. The third kappa shape index (κ3) is 3.76. The summed E-state index contributed by atoms with van der Waals surface area (Å²) in [6, 6.07) is 16.4. The van der Waals surface area contributed by atoms with Gasteiger partial charge < -0.3 is 4.74 Å². The second-order valence-electron chi connectivity index (χ2n) is 6.67. The molecule has 0 bridgehead atoms. The van der Waals surface area contributed by atoms with Gasteiger partial charge in [0.05, 0.1) is 34.5 Å². The fourth-order valence-corrected chi connectivity index (χ4v) is 4.55. The molecule has 2 aromatic rings. The van der Waals surface area contributed by atoms with E-state index in [0.717, 1.165) is 5.75 Å². The number of hydrogen-bond donors (Lipinski definition) is 0. The Hall–Kier alpha value is -2.97. The molecule has 2 aliphatic heterocycles. The summed E-state index contributed by atoms with van der Waals surface area (Å²) in [4.78, 5) is 27.9. The smallest absolute Gasteiger partial charge is 0.270 e. The van der Waals surface area contributed by atoms with Crippen LogP contribution in [-0.2, 0) is 9.59 Å². The van der Waals surface area contributed by atoms with E-state index in [2.05, 4.69) is 5.10 Å². The lowest BCUT2D eigenvalue weighted by Gasteiger charge is -2.15. The van der Waals surface area contributed by atoms with E-state index >= 15 is 0 Å². The lowest BCUT2D eigenvalue weighted by atomic mass is 10.0. The van der Waals surface area contributed by atoms with Crippen molar-refractivity contribution in [2.75, 3.05) is 16.5 Å². The van der Waals surface area contributed by atoms with Gasteiger partial charge in [-0.05, 0) is 56.3 Å². The van der Waals surface area contributed by atoms with Crippen LogP contribution in [-0.4, -0.2) is 28.5 Å². The van der Waals surface area contributed by atoms with Crippen molar-refractivity contribution in [1.82, 2.24) is 0 Å². The number of benzene rings is 2. The molecule has 0 radical (unpaired) electrons. The summed E-state index contributed by atoms with van der Waals surface area (Å²) >= 11 is 6.62. The number of thiocarbonyl (C=S) groups is 1. The van der Waals surface area contributed by atoms with Crippen LogP contribution >= 0.6 is 24.0 Å². The van der Waals surface area contributed by atoms with E-state index in [-0.39, 0.29) is 11.8 Å². The summed E-state index contributed by atoms with van der Waals surface area (Å²) in [5, 5.41) is 5.77. The van der Waals surface area contributed by atoms with Crippen molar-refractivity contribution in [3.8, 4) is 5.75 Å². The molecule has 0 saturated carbocycles. The van der Waals surface area contributed by atoms with E-state index < -0.39 is 5.92 Å². The number of ether oxygens (including phenoxy) is 1. The highest BCUT2D eigenvalue weighted by molar-refractivity contribution is 8.27. The summed E-state index contributed by atoms with van der Waals surface area (Å²) in [6.45, 7) is 4.27. The molecule has 8 heteroatoms. The predicted molar refractivity (Wildman–Crippen MR) is 124 cm³/mol. The zero-order chi connectivity index (χ0) is 21.3. The van der Waals surface area contributed by atoms with Gasteiger partial charge >= 0.3 is 0 Å². The molecule has 30 heavy (non-hydrogen) atoms. The topological polar surface area (TPSA) is 62.2 Å². The first-order chi connectivity index (χ1) is 14.5. The average Bonchev–Trinajstić information content (AvgIpc) is 3.19. The zero-order valence-corrected chi connectivity index (χ0v) is 18.1. The monoisotopic (exact) mass is 437 g/mol. The van der Waals surface area contributed by atoms with Crippen molar-refractivity contribution in [2.45, 2.75) is 13.8 Å². The molecule has 0 unspecified atom stereocenters. The standard InChI is InChI=1S/C22H19N3O3S2/c1-3-28-17-11-9-15(10-12-17)24-21(27)19(30-22(24)29)13-18-14(2)23-25(20(18)26)16-7-5-4-6-8-16/h4-13,18H,3H2,1-2H3/b19-13-/t18-/m0/s1. The van der Waals surface area contributed by atoms with Crippen LogP contribution in [0, 0.1) is 5.92 Å². The van der Waals surface area contributed by atoms with Gasteiger partial charge in [-0.15, -0.1) is 0 Å². The normalized spacial score (nSPS) is 20.3. The first-order valence-corrected chi connectivity index (χ1v) is 10.7. The van der Waals surface area contributed by atoms with Crippen LogP contribution in [0.5, 0.6) is 5.75 Å². The molecule has 1 fully saturated rings. The van der Waals surface area contributed by atoms with Crippen LogP contribution in [0.4, 0.5) is 11.4 Å². The maximum absolute atomic E-state index is 13.0. The van der Waals surface area contributed by atoms with Crippen LogP contribution in [0.3, 0.4) is 0 Å². The van der Waals surface area contributed by atoms with E-state index in [1.165, 1.54) is 21.7 Å². The molecule has 2 amide bonds. The van der Waals surface area contributed by atoms with Crippen molar-refractivity contribution in [1.29, 1.82) is 0 Å². The Morgan fingerprint density at radius 1 is 1.10 bits per heavy atom. The summed E-state index contributed by atoms with van der Waals surface area (Å²) in [7, 11) is 0. The molecular weight excluding hydrogens is 418 g/mol. The van der Waals surface area contributed by atoms with Gasteiger partial charge in [0.2, 0.25) is 0 Å². The molecule has 2 aliphatic rings. The van der Waals surface area contributed by atoms with Gasteiger partial charge in [-0.3, -0.25) is 14.5 Å². The number of carbonyl (C=O) groups excluding carboxylic acids is 2. The molecule has 0 N–H and O–H groups in total. The van der Waals surface area contributed by atoms with Gasteiger partial charge in [-0.1, -0.05) is 42.2 Å².